The molecule has 3 nitrogen and oxygen atoms in total. The maximum Gasteiger partial charge on any atom is 0.143 e. The number of nitrogens with zero attached hydrogens (tertiary/aromatic N) is 2. The fourth-order valence-electron chi connectivity index (χ4n) is 6.09. The molecule has 0 fully saturated rings. The molecule has 0 N–H and O–H groups in total. The molecule has 3 heterocycles. The van der Waals surface area contributed by atoms with Crippen molar-refractivity contribution in [1.29, 1.82) is 0 Å². The molecule has 0 unspecified atom stereocenters. The van der Waals surface area contributed by atoms with Gasteiger partial charge in [0.15, 0.2) is 0 Å². The molecule has 9 rings (SSSR count). The van der Waals surface area contributed by atoms with E-state index in [0.717, 1.165) is 66.7 Å². The van der Waals surface area contributed by atoms with Crippen LogP contribution in [0.25, 0.3) is 77.8 Å². The number of fused-ring (bicyclic) bond motifs is 3. The number of hydrogen-bond donors (Lipinski definition) is 0. The summed E-state index contributed by atoms with van der Waals surface area (Å²) < 4.78 is 6.28. The zero-order valence-electron chi connectivity index (χ0n) is 27.0. The molecule has 0 aliphatic carbocycles. The number of rotatable bonds is 5. The molecule has 0 aliphatic heterocycles. The monoisotopic (exact) mass is 819 g/mol. The van der Waals surface area contributed by atoms with Crippen LogP contribution in [-0.4, -0.2) is 9.97 Å². The second-order valence-corrected chi connectivity index (χ2v) is 11.6. The van der Waals surface area contributed by atoms with Gasteiger partial charge in [0.1, 0.15) is 11.2 Å². The molecule has 50 heavy (non-hydrogen) atoms. The Balaban J connectivity index is 0.000000255. The molecular weight excluding hydrogens is 789 g/mol. The van der Waals surface area contributed by atoms with Crippen LogP contribution in [-0.2, 0) is 20.1 Å². The van der Waals surface area contributed by atoms with Gasteiger partial charge in [-0.15, -0.1) is 71.3 Å². The van der Waals surface area contributed by atoms with Crippen LogP contribution in [0.1, 0.15) is 0 Å². The van der Waals surface area contributed by atoms with Gasteiger partial charge in [0.25, 0.3) is 0 Å². The van der Waals surface area contributed by atoms with Crippen molar-refractivity contribution in [3.63, 3.8) is 0 Å². The Morgan fingerprint density at radius 2 is 1.04 bits per heavy atom. The molecule has 0 bridgehead atoms. The molecule has 0 aliphatic rings. The second kappa shape index (κ2) is 15.1. The summed E-state index contributed by atoms with van der Waals surface area (Å²) in [6.45, 7) is 0. The number of para-hydroxylation sites is 2. The third kappa shape index (κ3) is 6.95. The largest absolute Gasteiger partial charge is 0.455 e. The summed E-state index contributed by atoms with van der Waals surface area (Å²) in [6, 6.07) is 64.3. The van der Waals surface area contributed by atoms with Crippen molar-refractivity contribution in [1.82, 2.24) is 9.97 Å². The third-order valence-electron chi connectivity index (χ3n) is 8.52. The van der Waals surface area contributed by atoms with Crippen molar-refractivity contribution in [2.75, 3.05) is 0 Å². The first-order chi connectivity index (χ1) is 24.3. The summed E-state index contributed by atoms with van der Waals surface area (Å²) in [5.74, 6) is 0. The fraction of sp³-hybridized carbons (Fsp3) is 0. The molecular formula is C46H30IrN2O-2. The van der Waals surface area contributed by atoms with Crippen LogP contribution in [0.4, 0.5) is 0 Å². The summed E-state index contributed by atoms with van der Waals surface area (Å²) in [5.41, 5.74) is 12.7. The van der Waals surface area contributed by atoms with E-state index in [4.69, 9.17) is 4.42 Å². The Bertz CT molecular complexity index is 2440. The van der Waals surface area contributed by atoms with Crippen LogP contribution in [0.15, 0.2) is 187 Å². The molecule has 6 aromatic carbocycles. The zero-order valence-corrected chi connectivity index (χ0v) is 29.4. The smallest absolute Gasteiger partial charge is 0.143 e. The number of furan rings is 1. The Labute approximate surface area is 305 Å². The Hall–Kier alpha value is -5.93. The zero-order chi connectivity index (χ0) is 32.8. The van der Waals surface area contributed by atoms with Crippen LogP contribution in [0.3, 0.4) is 0 Å². The van der Waals surface area contributed by atoms with Gasteiger partial charge >= 0.3 is 0 Å². The average molecular weight is 819 g/mol. The predicted octanol–water partition coefficient (Wildman–Crippen LogP) is 12.0. The van der Waals surface area contributed by atoms with E-state index in [1.807, 2.05) is 85.1 Å². The van der Waals surface area contributed by atoms with Crippen molar-refractivity contribution in [2.45, 2.75) is 0 Å². The number of aromatic nitrogens is 2. The van der Waals surface area contributed by atoms with Crippen molar-refractivity contribution < 1.29 is 24.5 Å². The van der Waals surface area contributed by atoms with E-state index in [-0.39, 0.29) is 20.1 Å². The maximum absolute atomic E-state index is 6.28. The van der Waals surface area contributed by atoms with Gasteiger partial charge in [-0.1, -0.05) is 103 Å². The quantitative estimate of drug-likeness (QED) is 0.162. The van der Waals surface area contributed by atoms with Crippen molar-refractivity contribution >= 4 is 21.9 Å². The SMILES string of the molecule is [Ir].[c-]1ccc(-c2ccc(-c3cccc(-c4cccc5c4oc4ccccc45)c3)cc2)cc1-c1ccccn1.[c-]1ccccc1-c1ccccn1. The van der Waals surface area contributed by atoms with Gasteiger partial charge in [-0.05, 0) is 57.9 Å². The summed E-state index contributed by atoms with van der Waals surface area (Å²) in [4.78, 5) is 8.68. The van der Waals surface area contributed by atoms with Gasteiger partial charge < -0.3 is 14.4 Å². The molecule has 0 saturated heterocycles. The average Bonchev–Trinajstić information content (AvgIpc) is 3.58. The summed E-state index contributed by atoms with van der Waals surface area (Å²) in [6.07, 6.45) is 3.60. The predicted molar refractivity (Wildman–Crippen MR) is 201 cm³/mol. The van der Waals surface area contributed by atoms with Crippen molar-refractivity contribution in [2.24, 2.45) is 0 Å². The summed E-state index contributed by atoms with van der Waals surface area (Å²) in [7, 11) is 0. The Morgan fingerprint density at radius 1 is 0.420 bits per heavy atom. The van der Waals surface area contributed by atoms with E-state index in [1.165, 1.54) is 11.1 Å². The van der Waals surface area contributed by atoms with Crippen molar-refractivity contribution in [3.8, 4) is 55.9 Å². The van der Waals surface area contributed by atoms with E-state index in [2.05, 4.69) is 113 Å². The summed E-state index contributed by atoms with van der Waals surface area (Å²) in [5, 5.41) is 2.30. The van der Waals surface area contributed by atoms with Crippen LogP contribution in [0, 0.1) is 12.1 Å². The van der Waals surface area contributed by atoms with Crippen LogP contribution in [0.2, 0.25) is 0 Å². The standard InChI is InChI=1S/C35H22NO.C11H8N.Ir/c1-2-16-34-31(12-1)32-14-7-13-30(35(32)37-34)28-10-5-8-26(22-28)24-17-19-25(20-18-24)27-9-6-11-29(23-27)33-15-3-4-21-36-33;1-2-6-10(7-3-1)11-8-4-5-9-12-11;/h1-10,12-23H;1-6,8-9H;/q2*-1;. The first-order valence-electron chi connectivity index (χ1n) is 16.2. The first-order valence-corrected chi connectivity index (χ1v) is 16.2. The third-order valence-corrected chi connectivity index (χ3v) is 8.52. The minimum absolute atomic E-state index is 0. The molecule has 0 atom stereocenters. The summed E-state index contributed by atoms with van der Waals surface area (Å²) >= 11 is 0. The molecule has 4 heteroatoms. The number of pyridine rings is 2. The van der Waals surface area contributed by atoms with Gasteiger partial charge in [-0.3, -0.25) is 0 Å². The van der Waals surface area contributed by atoms with E-state index in [0.29, 0.717) is 0 Å². The first kappa shape index (κ1) is 32.6. The van der Waals surface area contributed by atoms with Crippen LogP contribution in [0.5, 0.6) is 0 Å². The molecule has 1 radical (unpaired) electrons. The molecule has 3 aromatic heterocycles. The van der Waals surface area contributed by atoms with E-state index < -0.39 is 0 Å². The van der Waals surface area contributed by atoms with Gasteiger partial charge in [-0.25, -0.2) is 0 Å². The molecule has 0 spiro atoms. The molecule has 0 amide bonds. The molecule has 241 valence electrons. The van der Waals surface area contributed by atoms with E-state index in [1.54, 1.807) is 6.20 Å². The second-order valence-electron chi connectivity index (χ2n) is 11.6. The van der Waals surface area contributed by atoms with Crippen molar-refractivity contribution in [3.05, 3.63) is 194 Å². The number of benzene rings is 6. The maximum atomic E-state index is 6.28. The van der Waals surface area contributed by atoms with E-state index >= 15 is 0 Å². The van der Waals surface area contributed by atoms with E-state index in [9.17, 15) is 0 Å². The Morgan fingerprint density at radius 3 is 1.76 bits per heavy atom. The van der Waals surface area contributed by atoms with Crippen LogP contribution >= 0.6 is 0 Å². The normalized spacial score (nSPS) is 10.6. The molecule has 0 saturated carbocycles. The minimum Gasteiger partial charge on any atom is -0.455 e. The van der Waals surface area contributed by atoms with Gasteiger partial charge in [0.05, 0.1) is 0 Å². The van der Waals surface area contributed by atoms with Gasteiger partial charge in [0, 0.05) is 48.8 Å². The number of hydrogen-bond acceptors (Lipinski definition) is 3. The van der Waals surface area contributed by atoms with Crippen LogP contribution < -0.4 is 0 Å². The van der Waals surface area contributed by atoms with Gasteiger partial charge in [0.2, 0.25) is 0 Å². The topological polar surface area (TPSA) is 38.9 Å². The Kier molecular flexibility index (Phi) is 9.84. The minimum atomic E-state index is 0. The molecule has 9 aromatic rings. The fourth-order valence-corrected chi connectivity index (χ4v) is 6.09. The van der Waals surface area contributed by atoms with Gasteiger partial charge in [-0.2, -0.15) is 0 Å².